The molecule has 1 aromatic heterocycles. The van der Waals surface area contributed by atoms with Crippen LogP contribution in [-0.2, 0) is 10.0 Å². The molecule has 0 unspecified atom stereocenters. The van der Waals surface area contributed by atoms with E-state index in [0.717, 1.165) is 5.39 Å². The molecule has 0 spiro atoms. The fraction of sp³-hybridized carbons (Fsp3) is 0.0667. The number of para-hydroxylation sites is 1. The Morgan fingerprint density at radius 3 is 2.30 bits per heavy atom. The topological polar surface area (TPSA) is 48.3 Å². The van der Waals surface area contributed by atoms with Crippen molar-refractivity contribution in [1.82, 2.24) is 3.97 Å². The van der Waals surface area contributed by atoms with Crippen LogP contribution in [0, 0.1) is 0 Å². The minimum Gasteiger partial charge on any atom is -0.494 e. The SMILES string of the molecule is COc1cn(S(=O)(=O)c2ccccc2)c2ccccc12. The summed E-state index contributed by atoms with van der Waals surface area (Å²) >= 11 is 0. The Bertz CT molecular complexity index is 851. The fourth-order valence-corrected chi connectivity index (χ4v) is 3.57. The zero-order valence-corrected chi connectivity index (χ0v) is 11.7. The second-order valence-corrected chi connectivity index (χ2v) is 6.14. The summed E-state index contributed by atoms with van der Waals surface area (Å²) in [5.41, 5.74) is 0.605. The number of aromatic nitrogens is 1. The van der Waals surface area contributed by atoms with E-state index in [-0.39, 0.29) is 4.90 Å². The predicted octanol–water partition coefficient (Wildman–Crippen LogP) is 2.89. The van der Waals surface area contributed by atoms with Gasteiger partial charge in [0.05, 0.1) is 23.7 Å². The lowest BCUT2D eigenvalue weighted by atomic mass is 10.2. The van der Waals surface area contributed by atoms with Crippen molar-refractivity contribution in [2.24, 2.45) is 0 Å². The van der Waals surface area contributed by atoms with E-state index in [0.29, 0.717) is 11.3 Å². The number of ether oxygens (including phenoxy) is 1. The lowest BCUT2D eigenvalue weighted by Gasteiger charge is -2.06. The van der Waals surface area contributed by atoms with E-state index in [1.54, 1.807) is 42.5 Å². The van der Waals surface area contributed by atoms with Gasteiger partial charge in [0.15, 0.2) is 0 Å². The summed E-state index contributed by atoms with van der Waals surface area (Å²) in [7, 11) is -2.09. The molecule has 20 heavy (non-hydrogen) atoms. The van der Waals surface area contributed by atoms with E-state index in [1.807, 2.05) is 12.1 Å². The molecule has 3 rings (SSSR count). The third-order valence-corrected chi connectivity index (χ3v) is 4.85. The van der Waals surface area contributed by atoms with E-state index in [2.05, 4.69) is 0 Å². The molecule has 0 atom stereocenters. The molecule has 3 aromatic rings. The zero-order chi connectivity index (χ0) is 14.2. The van der Waals surface area contributed by atoms with Crippen molar-refractivity contribution < 1.29 is 13.2 Å². The quantitative estimate of drug-likeness (QED) is 0.744. The molecule has 4 nitrogen and oxygen atoms in total. The number of benzene rings is 2. The number of hydrogen-bond donors (Lipinski definition) is 0. The molecule has 0 aliphatic rings. The maximum atomic E-state index is 12.7. The van der Waals surface area contributed by atoms with Gasteiger partial charge in [0, 0.05) is 5.39 Å². The Kier molecular flexibility index (Phi) is 2.99. The van der Waals surface area contributed by atoms with Gasteiger partial charge in [-0.1, -0.05) is 30.3 Å². The Morgan fingerprint density at radius 1 is 0.950 bits per heavy atom. The van der Waals surface area contributed by atoms with Gasteiger partial charge in [-0.15, -0.1) is 0 Å². The normalized spacial score (nSPS) is 11.7. The average molecular weight is 287 g/mol. The highest BCUT2D eigenvalue weighted by atomic mass is 32.2. The number of methoxy groups -OCH3 is 1. The first-order valence-corrected chi connectivity index (χ1v) is 7.53. The largest absolute Gasteiger partial charge is 0.494 e. The third kappa shape index (κ3) is 1.87. The third-order valence-electron chi connectivity index (χ3n) is 3.16. The Labute approximate surface area is 117 Å². The number of fused-ring (bicyclic) bond motifs is 1. The predicted molar refractivity (Wildman–Crippen MR) is 77.5 cm³/mol. The molecule has 0 bridgehead atoms. The number of nitrogens with zero attached hydrogens (tertiary/aromatic N) is 1. The molecular formula is C15H13NO3S. The van der Waals surface area contributed by atoms with E-state index in [9.17, 15) is 8.42 Å². The lowest BCUT2D eigenvalue weighted by molar-refractivity contribution is 0.419. The Balaban J connectivity index is 2.30. The molecule has 0 radical (unpaired) electrons. The lowest BCUT2D eigenvalue weighted by Crippen LogP contribution is -2.11. The molecule has 0 amide bonds. The zero-order valence-electron chi connectivity index (χ0n) is 10.9. The second kappa shape index (κ2) is 4.68. The van der Waals surface area contributed by atoms with Crippen molar-refractivity contribution in [2.45, 2.75) is 4.90 Å². The van der Waals surface area contributed by atoms with E-state index >= 15 is 0 Å². The van der Waals surface area contributed by atoms with Crippen LogP contribution in [0.5, 0.6) is 5.75 Å². The Morgan fingerprint density at radius 2 is 1.60 bits per heavy atom. The van der Waals surface area contributed by atoms with Gasteiger partial charge >= 0.3 is 0 Å². The van der Waals surface area contributed by atoms with Gasteiger partial charge in [-0.05, 0) is 24.3 Å². The van der Waals surface area contributed by atoms with Gasteiger partial charge < -0.3 is 4.74 Å². The van der Waals surface area contributed by atoms with Gasteiger partial charge in [-0.25, -0.2) is 12.4 Å². The van der Waals surface area contributed by atoms with Crippen LogP contribution in [0.1, 0.15) is 0 Å². The van der Waals surface area contributed by atoms with E-state index in [1.165, 1.54) is 17.3 Å². The standard InChI is InChI=1S/C15H13NO3S/c1-19-15-11-16(14-10-6-5-9-13(14)15)20(17,18)12-7-3-2-4-8-12/h2-11H,1H3. The molecule has 0 N–H and O–H groups in total. The van der Waals surface area contributed by atoms with Gasteiger partial charge in [-0.3, -0.25) is 0 Å². The monoisotopic (exact) mass is 287 g/mol. The van der Waals surface area contributed by atoms with Crippen molar-refractivity contribution in [3.63, 3.8) is 0 Å². The fourth-order valence-electron chi connectivity index (χ4n) is 2.19. The smallest absolute Gasteiger partial charge is 0.268 e. The molecule has 5 heteroatoms. The summed E-state index contributed by atoms with van der Waals surface area (Å²) in [6, 6.07) is 15.6. The van der Waals surface area contributed by atoms with Crippen LogP contribution in [0.15, 0.2) is 65.7 Å². The van der Waals surface area contributed by atoms with E-state index in [4.69, 9.17) is 4.74 Å². The summed E-state index contributed by atoms with van der Waals surface area (Å²) in [5.74, 6) is 0.542. The van der Waals surface area contributed by atoms with Crippen LogP contribution in [0.2, 0.25) is 0 Å². The molecule has 102 valence electrons. The second-order valence-electron chi connectivity index (χ2n) is 4.33. The summed E-state index contributed by atoms with van der Waals surface area (Å²) < 4.78 is 31.9. The van der Waals surface area contributed by atoms with Crippen LogP contribution in [-0.4, -0.2) is 19.5 Å². The molecule has 0 saturated heterocycles. The van der Waals surface area contributed by atoms with Gasteiger partial charge in [0.25, 0.3) is 10.0 Å². The summed E-state index contributed by atoms with van der Waals surface area (Å²) in [6.07, 6.45) is 1.51. The number of hydrogen-bond acceptors (Lipinski definition) is 3. The first-order chi connectivity index (χ1) is 9.64. The van der Waals surface area contributed by atoms with Crippen molar-refractivity contribution in [3.05, 3.63) is 60.8 Å². The first kappa shape index (κ1) is 12.7. The number of rotatable bonds is 3. The van der Waals surface area contributed by atoms with Crippen LogP contribution < -0.4 is 4.74 Å². The average Bonchev–Trinajstić information content (AvgIpc) is 2.88. The van der Waals surface area contributed by atoms with Crippen LogP contribution in [0.3, 0.4) is 0 Å². The van der Waals surface area contributed by atoms with Crippen molar-refractivity contribution in [3.8, 4) is 5.75 Å². The van der Waals surface area contributed by atoms with Gasteiger partial charge in [-0.2, -0.15) is 0 Å². The van der Waals surface area contributed by atoms with Crippen molar-refractivity contribution in [1.29, 1.82) is 0 Å². The molecule has 1 heterocycles. The van der Waals surface area contributed by atoms with Crippen LogP contribution >= 0.6 is 0 Å². The van der Waals surface area contributed by atoms with Crippen molar-refractivity contribution >= 4 is 20.9 Å². The Hall–Kier alpha value is -2.27. The highest BCUT2D eigenvalue weighted by molar-refractivity contribution is 7.90. The van der Waals surface area contributed by atoms with Crippen LogP contribution in [0.25, 0.3) is 10.9 Å². The molecule has 0 aliphatic carbocycles. The molecular weight excluding hydrogens is 274 g/mol. The minimum atomic E-state index is -3.62. The van der Waals surface area contributed by atoms with Gasteiger partial charge in [0.2, 0.25) is 0 Å². The van der Waals surface area contributed by atoms with Crippen molar-refractivity contribution in [2.75, 3.05) is 7.11 Å². The maximum absolute atomic E-state index is 12.7. The maximum Gasteiger partial charge on any atom is 0.268 e. The van der Waals surface area contributed by atoms with E-state index < -0.39 is 10.0 Å². The van der Waals surface area contributed by atoms with Gasteiger partial charge in [0.1, 0.15) is 5.75 Å². The van der Waals surface area contributed by atoms with Crippen LogP contribution in [0.4, 0.5) is 0 Å². The molecule has 0 fully saturated rings. The highest BCUT2D eigenvalue weighted by Crippen LogP contribution is 2.30. The summed E-state index contributed by atoms with van der Waals surface area (Å²) in [4.78, 5) is 0.253. The summed E-state index contributed by atoms with van der Waals surface area (Å²) in [6.45, 7) is 0. The molecule has 2 aromatic carbocycles. The molecule has 0 aliphatic heterocycles. The molecule has 0 saturated carbocycles. The first-order valence-electron chi connectivity index (χ1n) is 6.09. The summed E-state index contributed by atoms with van der Waals surface area (Å²) in [5, 5.41) is 0.773. The highest BCUT2D eigenvalue weighted by Gasteiger charge is 2.20. The minimum absolute atomic E-state index is 0.253.